The summed E-state index contributed by atoms with van der Waals surface area (Å²) >= 11 is 0. The fraction of sp³-hybridized carbons (Fsp3) is 0.941. The summed E-state index contributed by atoms with van der Waals surface area (Å²) in [4.78, 5) is 13.8. The molecular formula is C17H34N2O2. The van der Waals surface area contributed by atoms with Crippen LogP contribution in [0, 0.1) is 11.8 Å². The Kier molecular flexibility index (Phi) is 8.93. The second kappa shape index (κ2) is 10.2. The van der Waals surface area contributed by atoms with Crippen LogP contribution in [0.1, 0.15) is 51.9 Å². The quantitative estimate of drug-likeness (QED) is 0.497. The van der Waals surface area contributed by atoms with E-state index in [2.05, 4.69) is 31.2 Å². The van der Waals surface area contributed by atoms with E-state index in [1.54, 1.807) is 0 Å². The first kappa shape index (κ1) is 18.4. The first-order valence-electron chi connectivity index (χ1n) is 8.53. The van der Waals surface area contributed by atoms with Gasteiger partial charge in [0.05, 0.1) is 7.11 Å². The number of hydrogen-bond donors (Lipinski definition) is 1. The minimum Gasteiger partial charge on any atom is -0.469 e. The summed E-state index contributed by atoms with van der Waals surface area (Å²) in [5, 5.41) is 3.72. The maximum Gasteiger partial charge on any atom is 0.305 e. The van der Waals surface area contributed by atoms with Gasteiger partial charge >= 0.3 is 5.97 Å². The van der Waals surface area contributed by atoms with Crippen LogP contribution < -0.4 is 5.32 Å². The summed E-state index contributed by atoms with van der Waals surface area (Å²) in [6, 6.07) is 0.580. The van der Waals surface area contributed by atoms with E-state index in [4.69, 9.17) is 4.74 Å². The molecule has 0 aromatic carbocycles. The van der Waals surface area contributed by atoms with E-state index in [9.17, 15) is 4.79 Å². The van der Waals surface area contributed by atoms with E-state index < -0.39 is 0 Å². The first-order chi connectivity index (χ1) is 10.1. The lowest BCUT2D eigenvalue weighted by molar-refractivity contribution is -0.142. The van der Waals surface area contributed by atoms with Gasteiger partial charge in [-0.3, -0.25) is 4.79 Å². The topological polar surface area (TPSA) is 41.6 Å². The van der Waals surface area contributed by atoms with E-state index in [1.165, 1.54) is 39.2 Å². The van der Waals surface area contributed by atoms with Crippen molar-refractivity contribution >= 4 is 5.97 Å². The van der Waals surface area contributed by atoms with Gasteiger partial charge in [0, 0.05) is 25.6 Å². The van der Waals surface area contributed by atoms with Gasteiger partial charge < -0.3 is 15.0 Å². The summed E-state index contributed by atoms with van der Waals surface area (Å²) in [7, 11) is 5.71. The lowest BCUT2D eigenvalue weighted by Gasteiger charge is -2.26. The molecule has 1 N–H and O–H groups in total. The molecule has 1 rings (SSSR count). The molecule has 124 valence electrons. The molecule has 1 saturated carbocycles. The molecule has 3 atom stereocenters. The maximum absolute atomic E-state index is 11.6. The lowest BCUT2D eigenvalue weighted by Crippen LogP contribution is -2.38. The number of unbranched alkanes of at least 4 members (excludes halogenated alkanes) is 2. The summed E-state index contributed by atoms with van der Waals surface area (Å²) in [5.41, 5.74) is 0. The van der Waals surface area contributed by atoms with Gasteiger partial charge in [-0.05, 0) is 45.2 Å². The van der Waals surface area contributed by atoms with Gasteiger partial charge in [0.15, 0.2) is 0 Å². The Morgan fingerprint density at radius 2 is 2.05 bits per heavy atom. The average Bonchev–Trinajstić information content (AvgIpc) is 2.81. The van der Waals surface area contributed by atoms with Crippen LogP contribution in [-0.2, 0) is 9.53 Å². The summed E-state index contributed by atoms with van der Waals surface area (Å²) in [6.07, 6.45) is 8.04. The molecule has 1 fully saturated rings. The largest absolute Gasteiger partial charge is 0.469 e. The average molecular weight is 298 g/mol. The molecule has 0 radical (unpaired) electrons. The molecule has 0 aliphatic heterocycles. The highest BCUT2D eigenvalue weighted by molar-refractivity contribution is 5.69. The van der Waals surface area contributed by atoms with Crippen molar-refractivity contribution in [3.63, 3.8) is 0 Å². The number of carbonyl (C=O) groups is 1. The molecular weight excluding hydrogens is 264 g/mol. The number of hydrogen-bond acceptors (Lipinski definition) is 4. The fourth-order valence-electron chi connectivity index (χ4n) is 3.50. The highest BCUT2D eigenvalue weighted by atomic mass is 16.5. The number of carbonyl (C=O) groups excluding carboxylic acids is 1. The third-order valence-electron chi connectivity index (χ3n) is 4.73. The van der Waals surface area contributed by atoms with Gasteiger partial charge in [-0.1, -0.05) is 26.2 Å². The minimum atomic E-state index is -0.0468. The van der Waals surface area contributed by atoms with Gasteiger partial charge in [0.25, 0.3) is 0 Å². The SMILES string of the molecule is CCCCC[C@H]1[C@H](CC(=O)OC)CC[C@@H]1NCCN(C)C. The molecule has 4 heteroatoms. The van der Waals surface area contributed by atoms with Crippen molar-refractivity contribution in [1.29, 1.82) is 0 Å². The Labute approximate surface area is 130 Å². The van der Waals surface area contributed by atoms with Crippen molar-refractivity contribution in [1.82, 2.24) is 10.2 Å². The summed E-state index contributed by atoms with van der Waals surface area (Å²) in [6.45, 7) is 4.35. The van der Waals surface area contributed by atoms with E-state index in [1.807, 2.05) is 0 Å². The van der Waals surface area contributed by atoms with E-state index in [-0.39, 0.29) is 5.97 Å². The molecule has 0 aromatic rings. The monoisotopic (exact) mass is 298 g/mol. The minimum absolute atomic E-state index is 0.0468. The van der Waals surface area contributed by atoms with Crippen molar-refractivity contribution in [2.24, 2.45) is 11.8 Å². The van der Waals surface area contributed by atoms with E-state index in [0.717, 1.165) is 19.5 Å². The van der Waals surface area contributed by atoms with Crippen molar-refractivity contribution in [3.8, 4) is 0 Å². The normalized spacial score (nSPS) is 25.5. The second-order valence-electron chi connectivity index (χ2n) is 6.64. The molecule has 0 bridgehead atoms. The van der Waals surface area contributed by atoms with Crippen LogP contribution in [0.2, 0.25) is 0 Å². The molecule has 0 saturated heterocycles. The van der Waals surface area contributed by atoms with Crippen LogP contribution >= 0.6 is 0 Å². The predicted octanol–water partition coefficient (Wildman–Crippen LogP) is 2.68. The number of rotatable bonds is 10. The third-order valence-corrected chi connectivity index (χ3v) is 4.73. The van der Waals surface area contributed by atoms with Crippen LogP contribution in [0.3, 0.4) is 0 Å². The van der Waals surface area contributed by atoms with Crippen molar-refractivity contribution in [3.05, 3.63) is 0 Å². The molecule has 0 unspecified atom stereocenters. The maximum atomic E-state index is 11.6. The molecule has 4 nitrogen and oxygen atoms in total. The van der Waals surface area contributed by atoms with Gasteiger partial charge in [-0.15, -0.1) is 0 Å². The van der Waals surface area contributed by atoms with E-state index >= 15 is 0 Å². The van der Waals surface area contributed by atoms with Gasteiger partial charge in [-0.2, -0.15) is 0 Å². The Hall–Kier alpha value is -0.610. The number of likely N-dealkylation sites (N-methyl/N-ethyl adjacent to an activating group) is 1. The van der Waals surface area contributed by atoms with Crippen LogP contribution in [-0.4, -0.2) is 51.2 Å². The van der Waals surface area contributed by atoms with Crippen molar-refractivity contribution in [2.45, 2.75) is 57.9 Å². The number of ether oxygens (including phenoxy) is 1. The molecule has 0 spiro atoms. The first-order valence-corrected chi connectivity index (χ1v) is 8.53. The molecule has 0 heterocycles. The van der Waals surface area contributed by atoms with E-state index in [0.29, 0.717) is 24.3 Å². The molecule has 1 aliphatic carbocycles. The second-order valence-corrected chi connectivity index (χ2v) is 6.64. The standard InChI is InChI=1S/C17H34N2O2/c1-5-6-7-8-15-14(13-17(20)21-4)9-10-16(15)18-11-12-19(2)3/h14-16,18H,5-13H2,1-4H3/t14-,15-,16-/m0/s1. The zero-order valence-electron chi connectivity index (χ0n) is 14.4. The van der Waals surface area contributed by atoms with Crippen LogP contribution in [0.15, 0.2) is 0 Å². The highest BCUT2D eigenvalue weighted by Gasteiger charge is 2.36. The molecule has 1 aliphatic rings. The van der Waals surface area contributed by atoms with Crippen molar-refractivity contribution < 1.29 is 9.53 Å². The van der Waals surface area contributed by atoms with Crippen molar-refractivity contribution in [2.75, 3.05) is 34.3 Å². The molecule has 21 heavy (non-hydrogen) atoms. The Morgan fingerprint density at radius 3 is 2.67 bits per heavy atom. The van der Waals surface area contributed by atoms with Crippen LogP contribution in [0.5, 0.6) is 0 Å². The number of nitrogens with one attached hydrogen (secondary N) is 1. The highest BCUT2D eigenvalue weighted by Crippen LogP contribution is 2.38. The number of methoxy groups -OCH3 is 1. The zero-order chi connectivity index (χ0) is 15.7. The Balaban J connectivity index is 2.49. The Morgan fingerprint density at radius 1 is 1.29 bits per heavy atom. The van der Waals surface area contributed by atoms with Crippen LogP contribution in [0.4, 0.5) is 0 Å². The predicted molar refractivity (Wildman–Crippen MR) is 87.3 cm³/mol. The lowest BCUT2D eigenvalue weighted by atomic mass is 9.86. The smallest absolute Gasteiger partial charge is 0.305 e. The molecule has 0 amide bonds. The Bertz CT molecular complexity index is 295. The van der Waals surface area contributed by atoms with Gasteiger partial charge in [0.1, 0.15) is 0 Å². The van der Waals surface area contributed by atoms with Gasteiger partial charge in [0.2, 0.25) is 0 Å². The van der Waals surface area contributed by atoms with Crippen LogP contribution in [0.25, 0.3) is 0 Å². The summed E-state index contributed by atoms with van der Waals surface area (Å²) < 4.78 is 4.87. The number of esters is 1. The number of nitrogens with zero attached hydrogens (tertiary/aromatic N) is 1. The fourth-order valence-corrected chi connectivity index (χ4v) is 3.50. The molecule has 0 aromatic heterocycles. The third kappa shape index (κ3) is 6.79. The zero-order valence-corrected chi connectivity index (χ0v) is 14.4. The van der Waals surface area contributed by atoms with Gasteiger partial charge in [-0.25, -0.2) is 0 Å². The summed E-state index contributed by atoms with van der Waals surface area (Å²) in [5.74, 6) is 1.10.